The third-order valence-corrected chi connectivity index (χ3v) is 24.5. The first-order valence-corrected chi connectivity index (χ1v) is 46.4. The molecule has 7 rings (SSSR count). The molecule has 137 heavy (non-hydrogen) atoms. The number of likely N-dealkylation sites (N-methyl/N-ethyl adjacent to an activating group) is 1. The molecule has 3 unspecified atom stereocenters. The number of carbonyl (C=O) groups excluding carboxylic acids is 17. The van der Waals surface area contributed by atoms with Crippen molar-refractivity contribution in [3.8, 4) is 16.9 Å². The van der Waals surface area contributed by atoms with Crippen LogP contribution in [-0.4, -0.2) is 270 Å². The van der Waals surface area contributed by atoms with E-state index < -0.39 is 290 Å². The molecule has 0 spiro atoms. The van der Waals surface area contributed by atoms with E-state index in [-0.39, 0.29) is 42.9 Å². The first-order chi connectivity index (χ1) is 64.8. The van der Waals surface area contributed by atoms with E-state index in [4.69, 9.17) is 11.5 Å². The Balaban J connectivity index is 1.34. The van der Waals surface area contributed by atoms with E-state index in [0.29, 0.717) is 46.6 Å². The fraction of sp³-hybridized carbons (Fsp3) is 0.505. The minimum absolute atomic E-state index is 0.0643. The lowest BCUT2D eigenvalue weighted by molar-refractivity contribution is -0.143. The smallest absolute Gasteiger partial charge is 0.322 e. The van der Waals surface area contributed by atoms with E-state index in [1.54, 1.807) is 76.2 Å². The van der Waals surface area contributed by atoms with Gasteiger partial charge >= 0.3 is 17.9 Å². The van der Waals surface area contributed by atoms with Gasteiger partial charge in [-0.3, -0.25) is 95.9 Å². The van der Waals surface area contributed by atoms with E-state index >= 15 is 24.0 Å². The summed E-state index contributed by atoms with van der Waals surface area (Å²) in [6, 6.07) is 2.53. The molecule has 744 valence electrons. The number of phenols is 1. The van der Waals surface area contributed by atoms with Crippen molar-refractivity contribution >= 4 is 141 Å². The molecule has 2 aliphatic rings. The average Bonchev–Trinajstić information content (AvgIpc) is 1.80. The zero-order valence-corrected chi connectivity index (χ0v) is 78.5. The number of H-pyrrole nitrogens is 1. The molecule has 0 bridgehead atoms. The number of thioether (sulfide) groups is 1. The van der Waals surface area contributed by atoms with Crippen LogP contribution in [0.15, 0.2) is 109 Å². The SMILES string of the molecule is CCC(C)[C@@H]1NC(=O)[C@H](Cc2ccc(-c3ccccc3)cc2)NC(=O)[C@H](CCC(=O)O)NC(=O)[C@H](Cc2c[nH]c3ccccc23)NC(=O)[C@H](CC(=O)O)NC(=O)[C@H](Cc2ccc(O)cc2)NC(=O)[C@H](CC(N)=O)NC(=O)CSCC(C(=O)NCC(=O)O)NC(=O)[C@H](C(C)O)NC(=O)[C@H](C(C)C)NC(=O)[C@H](CC2CCCCC2)NC(=O)[C@H](CC(N)=O)NC(=O)[C@@H](CC(C)C)NC(=O)[C@H](C)N(C)C1=O. The van der Waals surface area contributed by atoms with Crippen LogP contribution < -0.4 is 85.9 Å². The van der Waals surface area contributed by atoms with Crippen LogP contribution in [0.25, 0.3) is 22.0 Å². The lowest BCUT2D eigenvalue weighted by Crippen LogP contribution is -2.62. The van der Waals surface area contributed by atoms with Crippen LogP contribution in [0.3, 0.4) is 0 Å². The number of para-hydroxylation sites is 1. The average molecular weight is 1930 g/mol. The van der Waals surface area contributed by atoms with Gasteiger partial charge in [-0.1, -0.05) is 165 Å². The Bertz CT molecular complexity index is 5130. The zero-order valence-electron chi connectivity index (χ0n) is 77.7. The number of aromatic nitrogens is 1. The number of phenolic OH excluding ortho intramolecular Hbond substituents is 1. The maximum Gasteiger partial charge on any atom is 0.322 e. The number of primary amides is 2. The van der Waals surface area contributed by atoms with Gasteiger partial charge in [0.25, 0.3) is 0 Å². The molecule has 4 aromatic carbocycles. The normalized spacial score (nSPS) is 24.1. The molecule has 1 aliphatic heterocycles. The number of fused-ring (bicyclic) bond motifs is 1. The minimum atomic E-state index is -2.20. The molecule has 1 aromatic heterocycles. The summed E-state index contributed by atoms with van der Waals surface area (Å²) >= 11 is 0.557. The number of hydrogen-bond donors (Lipinski definition) is 22. The maximum absolute atomic E-state index is 15.4. The molecule has 16 atom stereocenters. The molecule has 2 fully saturated rings. The summed E-state index contributed by atoms with van der Waals surface area (Å²) in [5.41, 5.74) is 14.3. The van der Waals surface area contributed by atoms with Crippen molar-refractivity contribution in [3.63, 3.8) is 0 Å². The van der Waals surface area contributed by atoms with Crippen molar-refractivity contribution in [2.45, 2.75) is 249 Å². The van der Waals surface area contributed by atoms with Gasteiger partial charge < -0.3 is 121 Å². The molecule has 1 saturated carbocycles. The Hall–Kier alpha value is -14.1. The third-order valence-electron chi connectivity index (χ3n) is 23.5. The van der Waals surface area contributed by atoms with Crippen LogP contribution in [-0.2, 0) is 115 Å². The highest BCUT2D eigenvalue weighted by Gasteiger charge is 2.43. The van der Waals surface area contributed by atoms with Crippen LogP contribution in [0.5, 0.6) is 5.75 Å². The fourth-order valence-electron chi connectivity index (χ4n) is 15.5. The number of aliphatic hydroxyl groups excluding tert-OH is 1. The fourth-order valence-corrected chi connectivity index (χ4v) is 16.4. The zero-order chi connectivity index (χ0) is 101. The van der Waals surface area contributed by atoms with Crippen molar-refractivity contribution in [3.05, 3.63) is 126 Å². The van der Waals surface area contributed by atoms with Crippen molar-refractivity contribution in [1.29, 1.82) is 0 Å². The van der Waals surface area contributed by atoms with E-state index in [2.05, 4.69) is 79.4 Å². The van der Waals surface area contributed by atoms with Gasteiger partial charge in [0.15, 0.2) is 0 Å². The molecule has 24 N–H and O–H groups in total. The highest BCUT2D eigenvalue weighted by atomic mass is 32.2. The van der Waals surface area contributed by atoms with Gasteiger partial charge in [-0.25, -0.2) is 0 Å². The van der Waals surface area contributed by atoms with Crippen LogP contribution in [0.4, 0.5) is 0 Å². The topological polar surface area (TPSA) is 682 Å². The molecule has 0 radical (unpaired) electrons. The number of nitrogens with two attached hydrogens (primary N) is 2. The number of nitrogens with one attached hydrogen (secondary N) is 15. The highest BCUT2D eigenvalue weighted by molar-refractivity contribution is 8.00. The number of rotatable bonds is 27. The second-order valence-electron chi connectivity index (χ2n) is 35.2. The van der Waals surface area contributed by atoms with Gasteiger partial charge in [0.2, 0.25) is 100 Å². The maximum atomic E-state index is 15.4. The lowest BCUT2D eigenvalue weighted by Gasteiger charge is -2.33. The number of aliphatic carboxylic acids is 3. The predicted molar refractivity (Wildman–Crippen MR) is 498 cm³/mol. The largest absolute Gasteiger partial charge is 0.508 e. The summed E-state index contributed by atoms with van der Waals surface area (Å²) in [5.74, 6) is -28.2. The number of aliphatic hydroxyl groups is 1. The number of hydrogen-bond acceptors (Lipinski definition) is 23. The van der Waals surface area contributed by atoms with Gasteiger partial charge in [-0.05, 0) is 103 Å². The number of aromatic amines is 1. The molecule has 17 amide bonds. The van der Waals surface area contributed by atoms with Crippen molar-refractivity contribution in [1.82, 2.24) is 84.3 Å². The molecule has 1 saturated heterocycles. The van der Waals surface area contributed by atoms with E-state index in [1.807, 2.05) is 30.3 Å². The van der Waals surface area contributed by atoms with Crippen LogP contribution in [0.1, 0.15) is 156 Å². The number of carboxylic acids is 3. The standard InChI is InChI=1S/C93H126N18O25S/c1-10-49(6)78-93(136)111(9)50(7)80(123)100-62(35-47(2)3)83(126)105-68(41-72(95)115)87(130)103-64(36-52-19-13-11-14-20-52)89(132)108-77(48(4)5)91(134)110-79(51(8)112)92(135)107-70(81(124)97-44-76(121)122)45-137-46-73(116)98-67(40-71(94)114)86(129)102-63(38-54-27-31-58(113)32-28-54)84(127)106-69(42-75(119)120)88(131)104-66(39-57-43-96-60-24-18-17-23-59(57)60)85(128)99-61(33-34-74(117)118)82(125)101-65(90(133)109-78)37-53-25-29-56(30-26-53)55-21-15-12-16-22-55/h12,15-18,21-32,43,47-52,61-70,77-79,96,112-113H,10-11,13-14,19-20,33-42,44-46H2,1-9H3,(H2,94,114)(H2,95,115)(H,97,124)(H,98,116)(H,99,128)(H,100,123)(H,101,125)(H,102,129)(H,103,130)(H,104,131)(H,105,126)(H,106,127)(H,107,135)(H,108,132)(H,109,133)(H,110,134)(H,117,118)(H,119,120)(H,121,122)/t49?,50-,51?,61-,62+,63-,64-,65-,66-,67-,68-,69-,70?,77-,78-,79-/m0/s1. The predicted octanol–water partition coefficient (Wildman–Crippen LogP) is -1.14. The van der Waals surface area contributed by atoms with Gasteiger partial charge in [0.1, 0.15) is 96.9 Å². The van der Waals surface area contributed by atoms with Gasteiger partial charge in [-0.15, -0.1) is 11.8 Å². The Kier molecular flexibility index (Phi) is 42.8. The first-order valence-electron chi connectivity index (χ1n) is 45.2. The Morgan fingerprint density at radius 2 is 0.942 bits per heavy atom. The lowest BCUT2D eigenvalue weighted by atomic mass is 9.84. The molecular weight excluding hydrogens is 1800 g/mol. The molecule has 43 nitrogen and oxygen atoms in total. The number of carboxylic acid groups (broad SMARTS) is 3. The molecule has 2 heterocycles. The Morgan fingerprint density at radius 3 is 1.48 bits per heavy atom. The van der Waals surface area contributed by atoms with Gasteiger partial charge in [-0.2, -0.15) is 0 Å². The highest BCUT2D eigenvalue weighted by Crippen LogP contribution is 2.29. The molecule has 5 aromatic rings. The van der Waals surface area contributed by atoms with E-state index in [9.17, 15) is 97.5 Å². The Morgan fingerprint density at radius 1 is 0.482 bits per heavy atom. The number of nitrogens with zero attached hydrogens (tertiary/aromatic N) is 1. The van der Waals surface area contributed by atoms with Crippen LogP contribution in [0.2, 0.25) is 0 Å². The second-order valence-corrected chi connectivity index (χ2v) is 36.2. The first kappa shape index (κ1) is 110. The summed E-state index contributed by atoms with van der Waals surface area (Å²) in [5, 5.41) is 86.6. The van der Waals surface area contributed by atoms with Gasteiger partial charge in [0.05, 0.1) is 31.1 Å². The molecular formula is C93H126N18O25S. The van der Waals surface area contributed by atoms with Crippen molar-refractivity contribution < 1.29 is 121 Å². The van der Waals surface area contributed by atoms with Crippen molar-refractivity contribution in [2.24, 2.45) is 35.1 Å². The van der Waals surface area contributed by atoms with Crippen molar-refractivity contribution in [2.75, 3.05) is 25.1 Å². The Labute approximate surface area is 794 Å². The number of benzene rings is 4. The van der Waals surface area contributed by atoms with Crippen LogP contribution >= 0.6 is 11.8 Å². The third kappa shape index (κ3) is 35.0. The summed E-state index contributed by atoms with van der Waals surface area (Å²) in [6.07, 6.45) is -3.00. The summed E-state index contributed by atoms with van der Waals surface area (Å²) < 4.78 is 0. The van der Waals surface area contributed by atoms with E-state index in [1.165, 1.54) is 58.3 Å². The number of amides is 17. The second kappa shape index (κ2) is 53.3. The summed E-state index contributed by atoms with van der Waals surface area (Å²) in [4.78, 5) is 289. The molecule has 1 aliphatic carbocycles. The number of carbonyl (C=O) groups is 20. The summed E-state index contributed by atoms with van der Waals surface area (Å²) in [6.45, 7) is 11.0. The monoisotopic (exact) mass is 1930 g/mol. The summed E-state index contributed by atoms with van der Waals surface area (Å²) in [7, 11) is 1.24. The quantitative estimate of drug-likeness (QED) is 0.0295. The van der Waals surface area contributed by atoms with Gasteiger partial charge in [0, 0.05) is 55.6 Å². The van der Waals surface area contributed by atoms with Crippen LogP contribution in [0, 0.1) is 23.7 Å². The molecule has 44 heteroatoms. The minimum Gasteiger partial charge on any atom is -0.508 e. The number of aromatic hydroxyl groups is 1. The van der Waals surface area contributed by atoms with E-state index in [0.717, 1.165) is 42.2 Å².